The molecule has 0 amide bonds. The molecule has 0 spiro atoms. The smallest absolute Gasteiger partial charge is 0.293 e. The number of nitrogens with zero attached hydrogens (tertiary/aromatic N) is 3. The zero-order chi connectivity index (χ0) is 25.8. The van der Waals surface area contributed by atoms with Gasteiger partial charge in [0, 0.05) is 32.2 Å². The van der Waals surface area contributed by atoms with Crippen LogP contribution in [0, 0.1) is 22.0 Å². The van der Waals surface area contributed by atoms with Crippen LogP contribution in [0.5, 0.6) is 0 Å². The number of morpholine rings is 1. The molecule has 1 aliphatic heterocycles. The summed E-state index contributed by atoms with van der Waals surface area (Å²) in [6.45, 7) is 11.5. The summed E-state index contributed by atoms with van der Waals surface area (Å²) in [7, 11) is -3.88. The fraction of sp³-hybridized carbons (Fsp3) is 0.769. The van der Waals surface area contributed by atoms with Crippen molar-refractivity contribution in [3.05, 3.63) is 28.3 Å². The summed E-state index contributed by atoms with van der Waals surface area (Å²) in [4.78, 5) is 13.4. The summed E-state index contributed by atoms with van der Waals surface area (Å²) in [5, 5.41) is 11.9. The highest BCUT2D eigenvalue weighted by molar-refractivity contribution is 7.89. The normalized spacial score (nSPS) is 16.4. The molecule has 0 aliphatic carbocycles. The number of ether oxygens (including phenoxy) is 1. The van der Waals surface area contributed by atoms with Gasteiger partial charge in [0.05, 0.1) is 23.0 Å². The van der Waals surface area contributed by atoms with E-state index in [0.717, 1.165) is 51.4 Å². The Morgan fingerprint density at radius 3 is 2.00 bits per heavy atom. The van der Waals surface area contributed by atoms with Crippen molar-refractivity contribution >= 4 is 21.4 Å². The molecule has 1 aromatic rings. The maximum absolute atomic E-state index is 13.9. The third kappa shape index (κ3) is 8.43. The van der Waals surface area contributed by atoms with E-state index in [4.69, 9.17) is 4.74 Å². The number of nitro benzene ring substituents is 1. The highest BCUT2D eigenvalue weighted by Gasteiger charge is 2.31. The van der Waals surface area contributed by atoms with E-state index in [1.165, 1.54) is 6.07 Å². The third-order valence-electron chi connectivity index (χ3n) is 7.14. The van der Waals surface area contributed by atoms with Gasteiger partial charge in [0.25, 0.3) is 5.69 Å². The lowest BCUT2D eigenvalue weighted by Crippen LogP contribution is -2.39. The largest absolute Gasteiger partial charge is 0.378 e. The molecule has 0 radical (unpaired) electrons. The molecule has 35 heavy (non-hydrogen) atoms. The monoisotopic (exact) mass is 511 g/mol. The molecule has 1 aliphatic rings. The second-order valence-corrected chi connectivity index (χ2v) is 11.6. The van der Waals surface area contributed by atoms with Crippen LogP contribution in [0.1, 0.15) is 79.1 Å². The Bertz CT molecular complexity index is 869. The maximum Gasteiger partial charge on any atom is 0.293 e. The molecular weight excluding hydrogens is 466 g/mol. The second kappa shape index (κ2) is 14.8. The van der Waals surface area contributed by atoms with Crippen molar-refractivity contribution in [1.29, 1.82) is 0 Å². The van der Waals surface area contributed by atoms with Crippen LogP contribution in [0.15, 0.2) is 23.1 Å². The molecule has 0 aromatic heterocycles. The average molecular weight is 512 g/mol. The zero-order valence-electron chi connectivity index (χ0n) is 22.1. The van der Waals surface area contributed by atoms with Crippen molar-refractivity contribution in [2.24, 2.45) is 11.8 Å². The number of hydrogen-bond acceptors (Lipinski definition) is 6. The Labute approximate surface area is 212 Å². The van der Waals surface area contributed by atoms with Gasteiger partial charge in [-0.25, -0.2) is 8.42 Å². The molecule has 1 aromatic carbocycles. The summed E-state index contributed by atoms with van der Waals surface area (Å²) < 4.78 is 34.8. The molecule has 0 N–H and O–H groups in total. The quantitative estimate of drug-likeness (QED) is 0.204. The lowest BCUT2D eigenvalue weighted by atomic mass is 9.97. The van der Waals surface area contributed by atoms with Crippen molar-refractivity contribution in [3.8, 4) is 0 Å². The SMILES string of the molecule is CCCC[C@H](CC)CN(C[C@@H](CC)CCCC)S(=O)(=O)c1ccc(N2CCOCC2)c([N+](=O)[O-])c1. The van der Waals surface area contributed by atoms with Crippen LogP contribution in [-0.4, -0.2) is 57.0 Å². The number of sulfonamides is 1. The molecule has 0 unspecified atom stereocenters. The summed E-state index contributed by atoms with van der Waals surface area (Å²) in [6, 6.07) is 4.39. The number of hydrogen-bond donors (Lipinski definition) is 0. The van der Waals surface area contributed by atoms with Gasteiger partial charge >= 0.3 is 0 Å². The van der Waals surface area contributed by atoms with Crippen LogP contribution in [0.25, 0.3) is 0 Å². The predicted octanol–water partition coefficient (Wildman–Crippen LogP) is 5.85. The van der Waals surface area contributed by atoms with Crippen molar-refractivity contribution in [2.45, 2.75) is 84.0 Å². The highest BCUT2D eigenvalue weighted by Crippen LogP contribution is 2.33. The molecule has 1 fully saturated rings. The van der Waals surface area contributed by atoms with Crippen molar-refractivity contribution < 1.29 is 18.1 Å². The first-order chi connectivity index (χ1) is 16.8. The average Bonchev–Trinajstić information content (AvgIpc) is 2.87. The van der Waals surface area contributed by atoms with Gasteiger partial charge in [0.2, 0.25) is 10.0 Å². The molecule has 9 heteroatoms. The number of nitro groups is 1. The minimum Gasteiger partial charge on any atom is -0.378 e. The van der Waals surface area contributed by atoms with Crippen molar-refractivity contribution in [2.75, 3.05) is 44.3 Å². The van der Waals surface area contributed by atoms with Crippen molar-refractivity contribution in [1.82, 2.24) is 4.31 Å². The fourth-order valence-electron chi connectivity index (χ4n) is 4.71. The molecule has 8 nitrogen and oxygen atoms in total. The standard InChI is InChI=1S/C26H45N3O5S/c1-5-9-11-22(7-3)20-28(21-23(8-4)12-10-6-2)35(32,33)24-13-14-25(26(19-24)29(30)31)27-15-17-34-18-16-27/h13-14,19,22-23H,5-12,15-18,20-21H2,1-4H3/t22-,23-/m0/s1. The molecule has 2 rings (SSSR count). The third-order valence-corrected chi connectivity index (χ3v) is 8.97. The van der Waals surface area contributed by atoms with Gasteiger partial charge in [0.1, 0.15) is 5.69 Å². The highest BCUT2D eigenvalue weighted by atomic mass is 32.2. The number of unbranched alkanes of at least 4 members (excludes halogenated alkanes) is 2. The minimum atomic E-state index is -3.88. The molecule has 0 saturated carbocycles. The Morgan fingerprint density at radius 2 is 1.54 bits per heavy atom. The predicted molar refractivity (Wildman–Crippen MR) is 141 cm³/mol. The van der Waals surface area contributed by atoms with Crippen LogP contribution in [-0.2, 0) is 14.8 Å². The summed E-state index contributed by atoms with van der Waals surface area (Å²) >= 11 is 0. The van der Waals surface area contributed by atoms with E-state index < -0.39 is 14.9 Å². The second-order valence-electron chi connectivity index (χ2n) is 9.66. The number of anilines is 1. The molecular formula is C26H45N3O5S. The van der Waals surface area contributed by atoms with E-state index >= 15 is 0 Å². The van der Waals surface area contributed by atoms with Crippen LogP contribution in [0.4, 0.5) is 11.4 Å². The molecule has 200 valence electrons. The van der Waals surface area contributed by atoms with Gasteiger partial charge in [-0.15, -0.1) is 0 Å². The number of benzene rings is 1. The summed E-state index contributed by atoms with van der Waals surface area (Å²) in [6.07, 6.45) is 8.08. The van der Waals surface area contributed by atoms with E-state index in [0.29, 0.717) is 45.1 Å². The number of rotatable bonds is 16. The van der Waals surface area contributed by atoms with Crippen LogP contribution < -0.4 is 4.90 Å². The van der Waals surface area contributed by atoms with Gasteiger partial charge in [-0.05, 0) is 36.8 Å². The van der Waals surface area contributed by atoms with Crippen LogP contribution in [0.3, 0.4) is 0 Å². The van der Waals surface area contributed by atoms with Crippen molar-refractivity contribution in [3.63, 3.8) is 0 Å². The van der Waals surface area contributed by atoms with E-state index in [9.17, 15) is 18.5 Å². The van der Waals surface area contributed by atoms with E-state index in [2.05, 4.69) is 27.7 Å². The Balaban J connectivity index is 2.42. The van der Waals surface area contributed by atoms with E-state index in [1.807, 2.05) is 4.90 Å². The Morgan fingerprint density at radius 1 is 1.00 bits per heavy atom. The van der Waals surface area contributed by atoms with Gasteiger partial charge in [-0.1, -0.05) is 66.2 Å². The Kier molecular flexibility index (Phi) is 12.4. The van der Waals surface area contributed by atoms with Gasteiger partial charge < -0.3 is 9.64 Å². The van der Waals surface area contributed by atoms with Gasteiger partial charge in [-0.2, -0.15) is 4.31 Å². The first kappa shape index (κ1) is 29.5. The van der Waals surface area contributed by atoms with E-state index in [-0.39, 0.29) is 22.4 Å². The minimum absolute atomic E-state index is 0.0110. The summed E-state index contributed by atoms with van der Waals surface area (Å²) in [5.41, 5.74) is 0.288. The Hall–Kier alpha value is -1.71. The first-order valence-corrected chi connectivity index (χ1v) is 14.8. The van der Waals surface area contributed by atoms with Crippen LogP contribution in [0.2, 0.25) is 0 Å². The first-order valence-electron chi connectivity index (χ1n) is 13.4. The lowest BCUT2D eigenvalue weighted by molar-refractivity contribution is -0.384. The molecule has 2 atom stereocenters. The molecule has 0 bridgehead atoms. The van der Waals surface area contributed by atoms with Gasteiger partial charge in [0.15, 0.2) is 0 Å². The topological polar surface area (TPSA) is 93.0 Å². The molecule has 1 heterocycles. The fourth-order valence-corrected chi connectivity index (χ4v) is 6.32. The van der Waals surface area contributed by atoms with E-state index in [1.54, 1.807) is 16.4 Å². The zero-order valence-corrected chi connectivity index (χ0v) is 22.9. The van der Waals surface area contributed by atoms with Crippen LogP contribution >= 0.6 is 0 Å². The summed E-state index contributed by atoms with van der Waals surface area (Å²) in [5.74, 6) is 0.548. The lowest BCUT2D eigenvalue weighted by Gasteiger charge is -2.31. The maximum atomic E-state index is 13.9. The molecule has 1 saturated heterocycles. The van der Waals surface area contributed by atoms with Gasteiger partial charge in [-0.3, -0.25) is 10.1 Å².